The highest BCUT2D eigenvalue weighted by Gasteiger charge is 2.19. The fourth-order valence-electron chi connectivity index (χ4n) is 3.01. The van der Waals surface area contributed by atoms with Crippen molar-refractivity contribution in [2.45, 2.75) is 13.3 Å². The van der Waals surface area contributed by atoms with Gasteiger partial charge < -0.3 is 25.4 Å². The minimum atomic E-state index is -1.09. The molecule has 4 aromatic rings. The summed E-state index contributed by atoms with van der Waals surface area (Å²) in [5, 5.41) is 12.6. The largest absolute Gasteiger partial charge is 0.478 e. The summed E-state index contributed by atoms with van der Waals surface area (Å²) in [7, 11) is 0. The number of H-pyrrole nitrogens is 3. The number of carboxylic acid groups (broad SMARTS) is 1. The number of rotatable bonds is 5. The maximum atomic E-state index is 12.3. The molecule has 146 valence electrons. The predicted octanol–water partition coefficient (Wildman–Crippen LogP) is 2.15. The minimum Gasteiger partial charge on any atom is -0.478 e. The van der Waals surface area contributed by atoms with E-state index in [-0.39, 0.29) is 11.3 Å². The van der Waals surface area contributed by atoms with Crippen molar-refractivity contribution < 1.29 is 14.7 Å². The lowest BCUT2D eigenvalue weighted by atomic mass is 10.1. The molecule has 10 nitrogen and oxygen atoms in total. The molecule has 0 aliphatic rings. The van der Waals surface area contributed by atoms with Gasteiger partial charge in [0.2, 0.25) is 0 Å². The number of aromatic amines is 3. The lowest BCUT2D eigenvalue weighted by Crippen LogP contribution is -2.14. The molecule has 5 N–H and O–H groups in total. The zero-order valence-corrected chi connectivity index (χ0v) is 15.2. The van der Waals surface area contributed by atoms with Crippen molar-refractivity contribution in [2.75, 3.05) is 5.32 Å². The standard InChI is InChI=1S/C19H16N6O4/c1-2-13-24-15(14-11(18(27)28)7-20-16(14)25-13)9-4-3-5-10(6-9)22-17(26)12-8-21-19(29)23-12/h3-8H,2H2,1H3,(H,22,26)(H,27,28)(H,20,24,25)(H2,21,23,29). The Balaban J connectivity index is 1.79. The van der Waals surface area contributed by atoms with E-state index in [2.05, 4.69) is 30.2 Å². The van der Waals surface area contributed by atoms with Gasteiger partial charge >= 0.3 is 11.7 Å². The molecule has 1 amide bonds. The molecule has 1 aromatic carbocycles. The van der Waals surface area contributed by atoms with Crippen molar-refractivity contribution >= 4 is 28.6 Å². The number of aromatic carboxylic acids is 1. The van der Waals surface area contributed by atoms with Gasteiger partial charge in [-0.2, -0.15) is 0 Å². The Bertz CT molecular complexity index is 1300. The number of carbonyl (C=O) groups is 2. The molecule has 3 aromatic heterocycles. The number of amides is 1. The van der Waals surface area contributed by atoms with Crippen LogP contribution in [-0.2, 0) is 6.42 Å². The number of carbonyl (C=O) groups excluding carboxylic acids is 1. The van der Waals surface area contributed by atoms with Gasteiger partial charge in [0.25, 0.3) is 5.91 Å². The SMILES string of the molecule is CCc1nc(-c2cccc(NC(=O)c3c[nH]c(=O)[nH]3)c2)c2c(C(=O)O)c[nH]c2n1. The van der Waals surface area contributed by atoms with Gasteiger partial charge in [-0.05, 0) is 12.1 Å². The number of fused-ring (bicyclic) bond motifs is 1. The first-order valence-electron chi connectivity index (χ1n) is 8.77. The van der Waals surface area contributed by atoms with Crippen LogP contribution in [0.25, 0.3) is 22.3 Å². The van der Waals surface area contributed by atoms with Crippen LogP contribution in [0.5, 0.6) is 0 Å². The Labute approximate surface area is 163 Å². The molecule has 10 heteroatoms. The van der Waals surface area contributed by atoms with Gasteiger partial charge in [-0.15, -0.1) is 0 Å². The van der Waals surface area contributed by atoms with E-state index >= 15 is 0 Å². The maximum Gasteiger partial charge on any atom is 0.338 e. The van der Waals surface area contributed by atoms with Crippen LogP contribution in [-0.4, -0.2) is 41.9 Å². The average molecular weight is 392 g/mol. The maximum absolute atomic E-state index is 12.3. The number of hydrogen-bond donors (Lipinski definition) is 5. The Morgan fingerprint density at radius 3 is 2.69 bits per heavy atom. The molecule has 0 atom stereocenters. The highest BCUT2D eigenvalue weighted by atomic mass is 16.4. The molecule has 3 heterocycles. The Morgan fingerprint density at radius 2 is 2.00 bits per heavy atom. The van der Waals surface area contributed by atoms with Crippen molar-refractivity contribution in [2.24, 2.45) is 0 Å². The van der Waals surface area contributed by atoms with Crippen LogP contribution in [0.2, 0.25) is 0 Å². The Kier molecular flexibility index (Phi) is 4.43. The monoisotopic (exact) mass is 392 g/mol. The van der Waals surface area contributed by atoms with Crippen LogP contribution >= 0.6 is 0 Å². The smallest absolute Gasteiger partial charge is 0.338 e. The minimum absolute atomic E-state index is 0.0667. The van der Waals surface area contributed by atoms with E-state index in [4.69, 9.17) is 0 Å². The first-order chi connectivity index (χ1) is 14.0. The van der Waals surface area contributed by atoms with Gasteiger partial charge in [0.15, 0.2) is 0 Å². The molecular weight excluding hydrogens is 376 g/mol. The van der Waals surface area contributed by atoms with E-state index in [0.717, 1.165) is 0 Å². The predicted molar refractivity (Wildman–Crippen MR) is 105 cm³/mol. The topological polar surface area (TPSA) is 157 Å². The molecule has 29 heavy (non-hydrogen) atoms. The number of aromatic nitrogens is 5. The van der Waals surface area contributed by atoms with Crippen molar-refractivity contribution in [1.29, 1.82) is 0 Å². The fourth-order valence-corrected chi connectivity index (χ4v) is 3.01. The first-order valence-corrected chi connectivity index (χ1v) is 8.77. The van der Waals surface area contributed by atoms with Crippen LogP contribution in [0.3, 0.4) is 0 Å². The lowest BCUT2D eigenvalue weighted by Gasteiger charge is -2.09. The van der Waals surface area contributed by atoms with E-state index in [1.54, 1.807) is 24.3 Å². The first kappa shape index (κ1) is 18.2. The van der Waals surface area contributed by atoms with Crippen LogP contribution < -0.4 is 11.0 Å². The van der Waals surface area contributed by atoms with E-state index < -0.39 is 17.6 Å². The molecule has 0 aliphatic heterocycles. The highest BCUT2D eigenvalue weighted by molar-refractivity contribution is 6.08. The molecule has 0 unspecified atom stereocenters. The summed E-state index contributed by atoms with van der Waals surface area (Å²) >= 11 is 0. The number of nitrogens with zero attached hydrogens (tertiary/aromatic N) is 2. The number of imidazole rings is 1. The molecule has 0 saturated carbocycles. The second kappa shape index (κ2) is 7.08. The summed E-state index contributed by atoms with van der Waals surface area (Å²) in [6, 6.07) is 6.86. The van der Waals surface area contributed by atoms with Gasteiger partial charge in [-0.25, -0.2) is 19.6 Å². The second-order valence-electron chi connectivity index (χ2n) is 6.26. The van der Waals surface area contributed by atoms with Crippen molar-refractivity contribution in [3.63, 3.8) is 0 Å². The Hall–Kier alpha value is -4.21. The van der Waals surface area contributed by atoms with Crippen molar-refractivity contribution in [3.8, 4) is 11.3 Å². The molecule has 0 saturated heterocycles. The molecule has 0 fully saturated rings. The second-order valence-corrected chi connectivity index (χ2v) is 6.26. The fraction of sp³-hybridized carbons (Fsp3) is 0.105. The third-order valence-corrected chi connectivity index (χ3v) is 4.36. The quantitative estimate of drug-likeness (QED) is 0.350. The van der Waals surface area contributed by atoms with E-state index in [9.17, 15) is 19.5 Å². The number of hydrogen-bond acceptors (Lipinski definition) is 5. The van der Waals surface area contributed by atoms with Gasteiger partial charge in [-0.3, -0.25) is 4.79 Å². The summed E-state index contributed by atoms with van der Waals surface area (Å²) in [5.41, 5.74) is 1.66. The Morgan fingerprint density at radius 1 is 1.17 bits per heavy atom. The summed E-state index contributed by atoms with van der Waals surface area (Å²) in [6.45, 7) is 1.90. The number of anilines is 1. The summed E-state index contributed by atoms with van der Waals surface area (Å²) in [4.78, 5) is 51.6. The van der Waals surface area contributed by atoms with Crippen LogP contribution in [0.15, 0.2) is 41.5 Å². The zero-order valence-electron chi connectivity index (χ0n) is 15.2. The van der Waals surface area contributed by atoms with E-state index in [1.165, 1.54) is 12.4 Å². The molecular formula is C19H16N6O4. The number of carboxylic acids is 1. The van der Waals surface area contributed by atoms with Gasteiger partial charge in [0.1, 0.15) is 17.2 Å². The third kappa shape index (κ3) is 3.38. The molecule has 0 bridgehead atoms. The summed E-state index contributed by atoms with van der Waals surface area (Å²) in [6.07, 6.45) is 3.24. The van der Waals surface area contributed by atoms with E-state index in [1.807, 2.05) is 6.92 Å². The molecule has 0 radical (unpaired) electrons. The van der Waals surface area contributed by atoms with Gasteiger partial charge in [0, 0.05) is 30.1 Å². The molecule has 0 spiro atoms. The normalized spacial score (nSPS) is 10.9. The van der Waals surface area contributed by atoms with Crippen molar-refractivity contribution in [1.82, 2.24) is 24.9 Å². The number of aryl methyl sites for hydroxylation is 1. The third-order valence-electron chi connectivity index (χ3n) is 4.36. The summed E-state index contributed by atoms with van der Waals surface area (Å²) < 4.78 is 0. The molecule has 4 rings (SSSR count). The number of benzene rings is 1. The van der Waals surface area contributed by atoms with Crippen molar-refractivity contribution in [3.05, 3.63) is 64.2 Å². The van der Waals surface area contributed by atoms with Gasteiger partial charge in [0.05, 0.1) is 16.6 Å². The van der Waals surface area contributed by atoms with Crippen LogP contribution in [0, 0.1) is 0 Å². The number of nitrogens with one attached hydrogen (secondary N) is 4. The van der Waals surface area contributed by atoms with Gasteiger partial charge in [-0.1, -0.05) is 19.1 Å². The lowest BCUT2D eigenvalue weighted by molar-refractivity contribution is 0.0699. The summed E-state index contributed by atoms with van der Waals surface area (Å²) in [5.74, 6) is -1.02. The molecule has 0 aliphatic carbocycles. The van der Waals surface area contributed by atoms with E-state index in [0.29, 0.717) is 40.2 Å². The highest BCUT2D eigenvalue weighted by Crippen LogP contribution is 2.30. The van der Waals surface area contributed by atoms with Crippen LogP contribution in [0.4, 0.5) is 5.69 Å². The zero-order chi connectivity index (χ0) is 20.5. The van der Waals surface area contributed by atoms with Crippen LogP contribution in [0.1, 0.15) is 33.6 Å². The average Bonchev–Trinajstić information content (AvgIpc) is 3.33.